The van der Waals surface area contributed by atoms with Crippen LogP contribution in [0.4, 0.5) is 0 Å². The second-order valence-electron chi connectivity index (χ2n) is 4.66. The average Bonchev–Trinajstić information content (AvgIpc) is 1.94. The lowest BCUT2D eigenvalue weighted by Crippen LogP contribution is -2.30. The molecule has 0 N–H and O–H groups in total. The van der Waals surface area contributed by atoms with Crippen LogP contribution in [-0.2, 0) is 0 Å². The first-order valence-corrected chi connectivity index (χ1v) is 4.46. The minimum atomic E-state index is 0.198. The molecular weight excluding hydrogens is 132 g/mol. The van der Waals surface area contributed by atoms with Crippen molar-refractivity contribution in [3.05, 3.63) is 0 Å². The molecule has 0 aromatic carbocycles. The molecule has 1 rings (SSSR count). The van der Waals surface area contributed by atoms with Gasteiger partial charge in [0.1, 0.15) is 0 Å². The monoisotopic (exact) mass is 150 g/mol. The molecule has 0 bridgehead atoms. The maximum absolute atomic E-state index is 3.36. The Kier molecular flexibility index (Phi) is 2.01. The summed E-state index contributed by atoms with van der Waals surface area (Å²) in [7, 11) is 0. The lowest BCUT2D eigenvalue weighted by molar-refractivity contribution is 0.162. The zero-order valence-corrected chi connectivity index (χ0v) is 8.12. The summed E-state index contributed by atoms with van der Waals surface area (Å²) in [5.41, 5.74) is 0.583. The smallest absolute Gasteiger partial charge is 0.0309 e. The van der Waals surface area contributed by atoms with Gasteiger partial charge in [0.25, 0.3) is 0 Å². The minimum absolute atomic E-state index is 0.198. The Morgan fingerprint density at radius 2 is 1.73 bits per heavy atom. The van der Waals surface area contributed by atoms with Crippen molar-refractivity contribution in [1.29, 1.82) is 0 Å². The van der Waals surface area contributed by atoms with Gasteiger partial charge in [-0.2, -0.15) is 0 Å². The Morgan fingerprint density at radius 3 is 2.36 bits per heavy atom. The van der Waals surface area contributed by atoms with Gasteiger partial charge in [-0.25, -0.2) is 0 Å². The highest BCUT2D eigenvalue weighted by molar-refractivity contribution is 5.15. The second-order valence-corrected chi connectivity index (χ2v) is 4.66. The highest BCUT2D eigenvalue weighted by atomic mass is 14.4. The Morgan fingerprint density at radius 1 is 1.09 bits per heavy atom. The van der Waals surface area contributed by atoms with Crippen molar-refractivity contribution in [2.45, 2.75) is 47.0 Å². The molecule has 1 aliphatic carbocycles. The van der Waals surface area contributed by atoms with Gasteiger partial charge in [-0.15, -0.1) is 5.92 Å². The van der Waals surface area contributed by atoms with E-state index in [1.165, 1.54) is 12.8 Å². The van der Waals surface area contributed by atoms with E-state index in [1.807, 2.05) is 0 Å². The summed E-state index contributed by atoms with van der Waals surface area (Å²) in [5, 5.41) is 0. The van der Waals surface area contributed by atoms with E-state index in [-0.39, 0.29) is 5.41 Å². The zero-order chi connectivity index (χ0) is 8.54. The molecule has 0 unspecified atom stereocenters. The molecule has 1 aliphatic rings. The van der Waals surface area contributed by atoms with Gasteiger partial charge in [0.05, 0.1) is 0 Å². The molecule has 0 heterocycles. The lowest BCUT2D eigenvalue weighted by Gasteiger charge is -2.36. The van der Waals surface area contributed by atoms with Gasteiger partial charge in [-0.1, -0.05) is 19.8 Å². The van der Waals surface area contributed by atoms with Gasteiger partial charge in [0, 0.05) is 11.8 Å². The van der Waals surface area contributed by atoms with E-state index in [0.717, 1.165) is 6.42 Å². The van der Waals surface area contributed by atoms with Crippen molar-refractivity contribution in [3.63, 3.8) is 0 Å². The van der Waals surface area contributed by atoms with E-state index in [9.17, 15) is 0 Å². The van der Waals surface area contributed by atoms with Crippen LogP contribution >= 0.6 is 0 Å². The largest absolute Gasteiger partial charge is 0.103 e. The molecule has 0 saturated carbocycles. The molecule has 11 heavy (non-hydrogen) atoms. The standard InChI is InChI=1S/C11H18/c1-10(2)8-6-5-7-9-11(10,3)4/h5-6,8H2,1-4H3. The maximum Gasteiger partial charge on any atom is 0.0309 e. The normalized spacial score (nSPS) is 26.5. The van der Waals surface area contributed by atoms with Crippen molar-refractivity contribution in [2.75, 3.05) is 0 Å². The molecule has 0 spiro atoms. The van der Waals surface area contributed by atoms with Crippen LogP contribution in [0.2, 0.25) is 0 Å². The fourth-order valence-corrected chi connectivity index (χ4v) is 1.38. The first kappa shape index (κ1) is 8.65. The molecular formula is C11H18. The van der Waals surface area contributed by atoms with E-state index in [2.05, 4.69) is 39.5 Å². The second kappa shape index (κ2) is 2.55. The third kappa shape index (κ3) is 1.59. The lowest BCUT2D eigenvalue weighted by atomic mass is 9.67. The average molecular weight is 150 g/mol. The first-order valence-electron chi connectivity index (χ1n) is 4.46. The van der Waals surface area contributed by atoms with Crippen LogP contribution in [0.1, 0.15) is 47.0 Å². The fraction of sp³-hybridized carbons (Fsp3) is 0.818. The molecule has 0 fully saturated rings. The van der Waals surface area contributed by atoms with Crippen LogP contribution in [0.3, 0.4) is 0 Å². The van der Waals surface area contributed by atoms with Crippen LogP contribution < -0.4 is 0 Å². The topological polar surface area (TPSA) is 0 Å². The van der Waals surface area contributed by atoms with Crippen molar-refractivity contribution < 1.29 is 0 Å². The molecule has 0 heteroatoms. The summed E-state index contributed by atoms with van der Waals surface area (Å²) in [6.07, 6.45) is 3.65. The SMILES string of the molecule is CC1(C)C#CCCCC1(C)C. The molecule has 0 aliphatic heterocycles. The highest BCUT2D eigenvalue weighted by Gasteiger charge is 2.35. The molecule has 62 valence electrons. The molecule has 0 radical (unpaired) electrons. The van der Waals surface area contributed by atoms with Gasteiger partial charge < -0.3 is 0 Å². The highest BCUT2D eigenvalue weighted by Crippen LogP contribution is 2.42. The van der Waals surface area contributed by atoms with Gasteiger partial charge in [0.15, 0.2) is 0 Å². The van der Waals surface area contributed by atoms with Crippen LogP contribution in [0, 0.1) is 22.7 Å². The summed E-state index contributed by atoms with van der Waals surface area (Å²) in [5.74, 6) is 6.60. The quantitative estimate of drug-likeness (QED) is 0.465. The number of hydrogen-bond donors (Lipinski definition) is 0. The molecule has 0 aromatic rings. The number of hydrogen-bond acceptors (Lipinski definition) is 0. The molecule has 0 atom stereocenters. The third-order valence-electron chi connectivity index (χ3n) is 3.20. The van der Waals surface area contributed by atoms with E-state index < -0.39 is 0 Å². The molecule has 0 saturated heterocycles. The van der Waals surface area contributed by atoms with E-state index in [4.69, 9.17) is 0 Å². The van der Waals surface area contributed by atoms with Crippen LogP contribution in [0.25, 0.3) is 0 Å². The van der Waals surface area contributed by atoms with Crippen molar-refractivity contribution in [3.8, 4) is 11.8 Å². The number of rotatable bonds is 0. The molecule has 0 aromatic heterocycles. The van der Waals surface area contributed by atoms with E-state index >= 15 is 0 Å². The third-order valence-corrected chi connectivity index (χ3v) is 3.20. The minimum Gasteiger partial charge on any atom is -0.103 e. The Balaban J connectivity index is 2.91. The summed E-state index contributed by atoms with van der Waals surface area (Å²) < 4.78 is 0. The van der Waals surface area contributed by atoms with Crippen LogP contribution in [0.15, 0.2) is 0 Å². The summed E-state index contributed by atoms with van der Waals surface area (Å²) in [6.45, 7) is 9.16. The van der Waals surface area contributed by atoms with Gasteiger partial charge in [-0.05, 0) is 32.1 Å². The van der Waals surface area contributed by atoms with Crippen molar-refractivity contribution in [1.82, 2.24) is 0 Å². The van der Waals surface area contributed by atoms with Crippen LogP contribution in [-0.4, -0.2) is 0 Å². The maximum atomic E-state index is 3.36. The van der Waals surface area contributed by atoms with Crippen molar-refractivity contribution in [2.24, 2.45) is 10.8 Å². The van der Waals surface area contributed by atoms with E-state index in [1.54, 1.807) is 0 Å². The van der Waals surface area contributed by atoms with E-state index in [0.29, 0.717) is 5.41 Å². The van der Waals surface area contributed by atoms with Crippen LogP contribution in [0.5, 0.6) is 0 Å². The molecule has 0 nitrogen and oxygen atoms in total. The summed E-state index contributed by atoms with van der Waals surface area (Å²) >= 11 is 0. The molecule has 0 amide bonds. The van der Waals surface area contributed by atoms with Gasteiger partial charge in [0.2, 0.25) is 0 Å². The zero-order valence-electron chi connectivity index (χ0n) is 8.12. The van der Waals surface area contributed by atoms with Gasteiger partial charge in [-0.3, -0.25) is 0 Å². The predicted molar refractivity (Wildman–Crippen MR) is 49.2 cm³/mol. The predicted octanol–water partition coefficient (Wildman–Crippen LogP) is 3.23. The Hall–Kier alpha value is -0.440. The summed E-state index contributed by atoms with van der Waals surface area (Å²) in [4.78, 5) is 0. The first-order chi connectivity index (χ1) is 4.96. The van der Waals surface area contributed by atoms with Crippen molar-refractivity contribution >= 4 is 0 Å². The Bertz CT molecular complexity index is 198. The fourth-order valence-electron chi connectivity index (χ4n) is 1.38. The Labute approximate surface area is 70.4 Å². The summed E-state index contributed by atoms with van der Waals surface area (Å²) in [6, 6.07) is 0. The van der Waals surface area contributed by atoms with Gasteiger partial charge >= 0.3 is 0 Å².